The first-order valence-electron chi connectivity index (χ1n) is 8.62. The fourth-order valence-corrected chi connectivity index (χ4v) is 4.19. The molecule has 0 atom stereocenters. The molecule has 1 aliphatic heterocycles. The monoisotopic (exact) mass is 360 g/mol. The first kappa shape index (κ1) is 19.1. The average Bonchev–Trinajstić information content (AvgIpc) is 2.48. The van der Waals surface area contributed by atoms with Crippen LogP contribution in [0.3, 0.4) is 0 Å². The predicted molar refractivity (Wildman–Crippen MR) is 91.0 cm³/mol. The quantitative estimate of drug-likeness (QED) is 0.647. The van der Waals surface area contributed by atoms with E-state index in [1.807, 2.05) is 4.90 Å². The Morgan fingerprint density at radius 1 is 1.00 bits per heavy atom. The lowest BCUT2D eigenvalue weighted by molar-refractivity contribution is -0.121. The van der Waals surface area contributed by atoms with Gasteiger partial charge in [0.15, 0.2) is 0 Å². The molecule has 24 heavy (non-hydrogen) atoms. The zero-order valence-electron chi connectivity index (χ0n) is 14.2. The van der Waals surface area contributed by atoms with Crippen molar-refractivity contribution in [3.05, 3.63) is 0 Å². The first-order valence-corrected chi connectivity index (χ1v) is 10.5. The third-order valence-corrected chi connectivity index (χ3v) is 5.29. The summed E-state index contributed by atoms with van der Waals surface area (Å²) in [7, 11) is -3.20. The Morgan fingerprint density at radius 2 is 1.62 bits per heavy atom. The molecule has 8 nitrogen and oxygen atoms in total. The van der Waals surface area contributed by atoms with Gasteiger partial charge in [-0.05, 0) is 25.7 Å². The number of hydrogen-bond acceptors (Lipinski definition) is 5. The number of likely N-dealkylation sites (tertiary alicyclic amines) is 1. The van der Waals surface area contributed by atoms with Gasteiger partial charge >= 0.3 is 6.03 Å². The van der Waals surface area contributed by atoms with Crippen molar-refractivity contribution in [2.24, 2.45) is 0 Å². The second-order valence-corrected chi connectivity index (χ2v) is 8.58. The highest BCUT2D eigenvalue weighted by Crippen LogP contribution is 2.17. The number of nitrogens with zero attached hydrogens (tertiary/aromatic N) is 1. The van der Waals surface area contributed by atoms with Crippen molar-refractivity contribution in [3.63, 3.8) is 0 Å². The van der Waals surface area contributed by atoms with Crippen molar-refractivity contribution >= 4 is 22.0 Å². The third-order valence-electron chi connectivity index (χ3n) is 4.53. The molecule has 1 aliphatic carbocycles. The van der Waals surface area contributed by atoms with Gasteiger partial charge in [0.05, 0.1) is 12.8 Å². The molecular weight excluding hydrogens is 332 g/mol. The lowest BCUT2D eigenvalue weighted by Gasteiger charge is -2.31. The fraction of sp³-hybridized carbons (Fsp3) is 0.867. The zero-order valence-corrected chi connectivity index (χ0v) is 15.0. The number of rotatable bonds is 5. The maximum absolute atomic E-state index is 11.9. The van der Waals surface area contributed by atoms with E-state index in [0.717, 1.165) is 31.9 Å². The normalized spacial score (nSPS) is 21.4. The minimum atomic E-state index is -3.20. The number of sulfonamides is 1. The molecule has 0 spiro atoms. The largest absolute Gasteiger partial charge is 0.335 e. The Labute approximate surface area is 143 Å². The van der Waals surface area contributed by atoms with Crippen LogP contribution < -0.4 is 15.4 Å². The number of hydrogen-bond donors (Lipinski definition) is 3. The molecular formula is C15H28N4O4S. The third kappa shape index (κ3) is 7.14. The van der Waals surface area contributed by atoms with Crippen LogP contribution in [0, 0.1) is 0 Å². The number of amides is 3. The van der Waals surface area contributed by atoms with Crippen LogP contribution in [0.25, 0.3) is 0 Å². The first-order chi connectivity index (χ1) is 11.3. The maximum atomic E-state index is 11.9. The van der Waals surface area contributed by atoms with E-state index in [9.17, 15) is 18.0 Å². The van der Waals surface area contributed by atoms with E-state index in [0.29, 0.717) is 25.9 Å². The fourth-order valence-electron chi connectivity index (χ4n) is 3.35. The highest BCUT2D eigenvalue weighted by atomic mass is 32.2. The lowest BCUT2D eigenvalue weighted by Crippen LogP contribution is -2.50. The smallest absolute Gasteiger partial charge is 0.321 e. The summed E-state index contributed by atoms with van der Waals surface area (Å²) >= 11 is 0. The van der Waals surface area contributed by atoms with Gasteiger partial charge in [-0.3, -0.25) is 15.0 Å². The van der Waals surface area contributed by atoms with Gasteiger partial charge in [0.2, 0.25) is 15.9 Å². The summed E-state index contributed by atoms with van der Waals surface area (Å²) in [5, 5.41) is 5.24. The molecule has 0 aromatic rings. The Balaban J connectivity index is 1.65. The molecule has 0 unspecified atom stereocenters. The van der Waals surface area contributed by atoms with Crippen LogP contribution in [0.1, 0.15) is 44.9 Å². The summed E-state index contributed by atoms with van der Waals surface area (Å²) in [4.78, 5) is 25.7. The van der Waals surface area contributed by atoms with E-state index < -0.39 is 16.1 Å². The van der Waals surface area contributed by atoms with Crippen LogP contribution in [0.2, 0.25) is 0 Å². The summed E-state index contributed by atoms with van der Waals surface area (Å²) in [5.74, 6) is -0.321. The molecule has 0 aromatic carbocycles. The van der Waals surface area contributed by atoms with Crippen LogP contribution in [-0.2, 0) is 14.8 Å². The number of urea groups is 1. The summed E-state index contributed by atoms with van der Waals surface area (Å²) in [6, 6.07) is -0.321. The van der Waals surface area contributed by atoms with Crippen LogP contribution in [0.4, 0.5) is 4.79 Å². The highest BCUT2D eigenvalue weighted by molar-refractivity contribution is 7.88. The molecule has 1 saturated heterocycles. The molecule has 0 radical (unpaired) electrons. The molecule has 2 rings (SSSR count). The van der Waals surface area contributed by atoms with Gasteiger partial charge in [-0.2, -0.15) is 0 Å². The topological polar surface area (TPSA) is 108 Å². The van der Waals surface area contributed by atoms with Crippen LogP contribution in [-0.4, -0.2) is 63.2 Å². The van der Waals surface area contributed by atoms with Crippen LogP contribution in [0.15, 0.2) is 0 Å². The Kier molecular flexibility index (Phi) is 7.00. The Morgan fingerprint density at radius 3 is 2.21 bits per heavy atom. The van der Waals surface area contributed by atoms with Gasteiger partial charge in [0, 0.05) is 25.2 Å². The molecule has 138 valence electrons. The van der Waals surface area contributed by atoms with Crippen molar-refractivity contribution < 1.29 is 18.0 Å². The van der Waals surface area contributed by atoms with E-state index in [-0.39, 0.29) is 24.5 Å². The Bertz CT molecular complexity index is 538. The second kappa shape index (κ2) is 8.77. The number of piperidine rings is 1. The van der Waals surface area contributed by atoms with Gasteiger partial charge in [0.25, 0.3) is 0 Å². The standard InChI is InChI=1S/C15H28N4O4S/c1-24(22,23)18-13-7-9-19(10-8-13)11-14(20)17-15(21)16-12-5-3-2-4-6-12/h12-13,18H,2-11H2,1H3,(H2,16,17,20,21). The van der Waals surface area contributed by atoms with Gasteiger partial charge in [0.1, 0.15) is 0 Å². The minimum Gasteiger partial charge on any atom is -0.335 e. The van der Waals surface area contributed by atoms with E-state index >= 15 is 0 Å². The van der Waals surface area contributed by atoms with Gasteiger partial charge in [-0.1, -0.05) is 19.3 Å². The Hall–Kier alpha value is -1.19. The molecule has 0 bridgehead atoms. The van der Waals surface area contributed by atoms with Gasteiger partial charge in [-0.15, -0.1) is 0 Å². The molecule has 1 heterocycles. The number of carbonyl (C=O) groups is 2. The van der Waals surface area contributed by atoms with Crippen molar-refractivity contribution in [2.75, 3.05) is 25.9 Å². The lowest BCUT2D eigenvalue weighted by atomic mass is 9.96. The van der Waals surface area contributed by atoms with Gasteiger partial charge < -0.3 is 5.32 Å². The van der Waals surface area contributed by atoms with Gasteiger partial charge in [-0.25, -0.2) is 17.9 Å². The van der Waals surface area contributed by atoms with E-state index in [1.54, 1.807) is 0 Å². The zero-order chi connectivity index (χ0) is 17.6. The molecule has 2 aliphatic rings. The molecule has 2 fully saturated rings. The van der Waals surface area contributed by atoms with Crippen LogP contribution in [0.5, 0.6) is 0 Å². The number of nitrogens with one attached hydrogen (secondary N) is 3. The highest BCUT2D eigenvalue weighted by Gasteiger charge is 2.23. The molecule has 0 aromatic heterocycles. The molecule has 3 N–H and O–H groups in total. The second-order valence-electron chi connectivity index (χ2n) is 6.80. The van der Waals surface area contributed by atoms with E-state index in [1.165, 1.54) is 6.42 Å². The van der Waals surface area contributed by atoms with Crippen molar-refractivity contribution in [2.45, 2.75) is 57.0 Å². The maximum Gasteiger partial charge on any atom is 0.321 e. The predicted octanol–water partition coefficient (Wildman–Crippen LogP) is 0.159. The minimum absolute atomic E-state index is 0.0751. The van der Waals surface area contributed by atoms with Crippen molar-refractivity contribution in [1.29, 1.82) is 0 Å². The number of imide groups is 1. The molecule has 3 amide bonds. The molecule has 1 saturated carbocycles. The van der Waals surface area contributed by atoms with Crippen LogP contribution >= 0.6 is 0 Å². The average molecular weight is 360 g/mol. The van der Waals surface area contributed by atoms with E-state index in [4.69, 9.17) is 0 Å². The summed E-state index contributed by atoms with van der Waals surface area (Å²) in [5.41, 5.74) is 0. The molecule has 9 heteroatoms. The van der Waals surface area contributed by atoms with Crippen molar-refractivity contribution in [1.82, 2.24) is 20.3 Å². The summed E-state index contributed by atoms with van der Waals surface area (Å²) < 4.78 is 25.0. The van der Waals surface area contributed by atoms with Crippen molar-refractivity contribution in [3.8, 4) is 0 Å². The number of carbonyl (C=O) groups excluding carboxylic acids is 2. The SMILES string of the molecule is CS(=O)(=O)NC1CCN(CC(=O)NC(=O)NC2CCCCC2)CC1. The summed E-state index contributed by atoms with van der Waals surface area (Å²) in [6.45, 7) is 1.42. The van der Waals surface area contributed by atoms with E-state index in [2.05, 4.69) is 15.4 Å². The summed E-state index contributed by atoms with van der Waals surface area (Å²) in [6.07, 6.45) is 7.87.